The van der Waals surface area contributed by atoms with Gasteiger partial charge in [0.25, 0.3) is 5.91 Å². The summed E-state index contributed by atoms with van der Waals surface area (Å²) < 4.78 is 0. The highest BCUT2D eigenvalue weighted by Gasteiger charge is 2.41. The number of nitrogens with zero attached hydrogens (tertiary/aromatic N) is 2. The number of amides is 1. The van der Waals surface area contributed by atoms with E-state index in [-0.39, 0.29) is 18.3 Å². The van der Waals surface area contributed by atoms with Gasteiger partial charge in [-0.05, 0) is 61.9 Å². The summed E-state index contributed by atoms with van der Waals surface area (Å²) in [5.41, 5.74) is 3.63. The summed E-state index contributed by atoms with van der Waals surface area (Å²) in [5, 5.41) is 0. The average molecular weight is 321 g/mol. The number of carbonyl (C=O) groups excluding carboxylic acids is 1. The van der Waals surface area contributed by atoms with Gasteiger partial charge in [-0.25, -0.2) is 0 Å². The van der Waals surface area contributed by atoms with Crippen LogP contribution in [0.2, 0.25) is 0 Å². The second kappa shape index (κ2) is 6.21. The molecule has 0 radical (unpaired) electrons. The zero-order chi connectivity index (χ0) is 14.4. The van der Waals surface area contributed by atoms with Gasteiger partial charge in [0.05, 0.1) is 0 Å². The van der Waals surface area contributed by atoms with E-state index in [1.54, 1.807) is 0 Å². The van der Waals surface area contributed by atoms with Crippen molar-refractivity contribution in [2.75, 3.05) is 26.2 Å². The van der Waals surface area contributed by atoms with Crippen molar-refractivity contribution in [2.24, 2.45) is 5.92 Å². The number of fused-ring (bicyclic) bond motifs is 4. The lowest BCUT2D eigenvalue weighted by molar-refractivity contribution is 0.00603. The summed E-state index contributed by atoms with van der Waals surface area (Å²) in [7, 11) is 0. The highest BCUT2D eigenvalue weighted by Crippen LogP contribution is 2.34. The minimum atomic E-state index is 0. The maximum absolute atomic E-state index is 13.0. The zero-order valence-corrected chi connectivity index (χ0v) is 14.1. The third-order valence-electron chi connectivity index (χ3n) is 5.77. The number of hydrogen-bond donors (Lipinski definition) is 0. The van der Waals surface area contributed by atoms with Gasteiger partial charge in [0.15, 0.2) is 0 Å². The predicted octanol–water partition coefficient (Wildman–Crippen LogP) is 2.76. The Hall–Kier alpha value is -1.06. The minimum absolute atomic E-state index is 0. The fraction of sp³-hybridized carbons (Fsp3) is 0.611. The second-order valence-electron chi connectivity index (χ2n) is 6.75. The number of hydrogen-bond acceptors (Lipinski definition) is 2. The van der Waals surface area contributed by atoms with Crippen LogP contribution >= 0.6 is 12.4 Å². The lowest BCUT2D eigenvalue weighted by Gasteiger charge is -2.50. The topological polar surface area (TPSA) is 23.6 Å². The molecule has 5 rings (SSSR count). The average Bonchev–Trinajstić information content (AvgIpc) is 2.56. The van der Waals surface area contributed by atoms with Gasteiger partial charge in [0.2, 0.25) is 0 Å². The first-order valence-electron chi connectivity index (χ1n) is 8.42. The Morgan fingerprint density at radius 2 is 1.95 bits per heavy atom. The third kappa shape index (κ3) is 2.44. The molecular formula is C18H25ClN2O. The van der Waals surface area contributed by atoms with Gasteiger partial charge in [-0.2, -0.15) is 0 Å². The Labute approximate surface area is 139 Å². The van der Waals surface area contributed by atoms with Crippen molar-refractivity contribution in [3.63, 3.8) is 0 Å². The smallest absolute Gasteiger partial charge is 0.254 e. The molecule has 120 valence electrons. The first kappa shape index (κ1) is 15.8. The van der Waals surface area contributed by atoms with E-state index in [4.69, 9.17) is 0 Å². The number of aryl methyl sites for hydroxylation is 1. The highest BCUT2D eigenvalue weighted by atomic mass is 35.5. The maximum Gasteiger partial charge on any atom is 0.254 e. The van der Waals surface area contributed by atoms with Gasteiger partial charge in [-0.3, -0.25) is 4.79 Å². The fourth-order valence-corrected chi connectivity index (χ4v) is 4.55. The first-order valence-corrected chi connectivity index (χ1v) is 8.42. The van der Waals surface area contributed by atoms with E-state index in [9.17, 15) is 4.79 Å². The van der Waals surface area contributed by atoms with Gasteiger partial charge in [0.1, 0.15) is 0 Å². The molecule has 1 atom stereocenters. The first-order chi connectivity index (χ1) is 10.3. The van der Waals surface area contributed by atoms with E-state index in [2.05, 4.69) is 28.9 Å². The summed E-state index contributed by atoms with van der Waals surface area (Å²) in [6.45, 7) is 6.66. The molecule has 4 heterocycles. The van der Waals surface area contributed by atoms with Crippen LogP contribution in [0.5, 0.6) is 0 Å². The Bertz CT molecular complexity index is 566. The summed E-state index contributed by atoms with van der Waals surface area (Å²) in [4.78, 5) is 17.7. The van der Waals surface area contributed by atoms with E-state index in [0.29, 0.717) is 6.04 Å². The molecule has 0 aliphatic carbocycles. The monoisotopic (exact) mass is 320 g/mol. The van der Waals surface area contributed by atoms with Crippen molar-refractivity contribution in [1.29, 1.82) is 0 Å². The van der Waals surface area contributed by atoms with Gasteiger partial charge >= 0.3 is 0 Å². The Kier molecular flexibility index (Phi) is 4.47. The molecule has 3 fully saturated rings. The van der Waals surface area contributed by atoms with Crippen LogP contribution in [0.3, 0.4) is 0 Å². The highest BCUT2D eigenvalue weighted by molar-refractivity contribution is 5.97. The molecular weight excluding hydrogens is 296 g/mol. The van der Waals surface area contributed by atoms with Crippen LogP contribution in [0.4, 0.5) is 0 Å². The molecule has 4 heteroatoms. The molecule has 0 saturated carbocycles. The molecule has 0 unspecified atom stereocenters. The van der Waals surface area contributed by atoms with Crippen LogP contribution < -0.4 is 0 Å². The molecule has 0 N–H and O–H groups in total. The van der Waals surface area contributed by atoms with Gasteiger partial charge in [0, 0.05) is 24.7 Å². The molecule has 0 spiro atoms. The van der Waals surface area contributed by atoms with Crippen LogP contribution in [0, 0.1) is 5.92 Å². The maximum atomic E-state index is 13.0. The van der Waals surface area contributed by atoms with Crippen LogP contribution in [0.15, 0.2) is 18.2 Å². The van der Waals surface area contributed by atoms with Crippen molar-refractivity contribution in [3.05, 3.63) is 34.9 Å². The molecule has 4 aliphatic heterocycles. The van der Waals surface area contributed by atoms with Gasteiger partial charge in [-0.1, -0.05) is 19.1 Å². The standard InChI is InChI=1S/C18H24N2O.ClH/c1-2-13-4-3-5-16-15(13)8-11-20(18(16)21)17-12-19-9-6-14(17)7-10-19;/h3-5,14,17H,2,6-12H2,1H3;1H/t17-;/m0./s1. The Balaban J connectivity index is 0.00000144. The second-order valence-corrected chi connectivity index (χ2v) is 6.75. The van der Waals surface area contributed by atoms with Crippen LogP contribution in [-0.4, -0.2) is 47.9 Å². The molecule has 1 aromatic rings. The largest absolute Gasteiger partial charge is 0.334 e. The number of piperidine rings is 3. The summed E-state index contributed by atoms with van der Waals surface area (Å²) in [6.07, 6.45) is 4.61. The van der Waals surface area contributed by atoms with Crippen molar-refractivity contribution < 1.29 is 4.79 Å². The van der Waals surface area contributed by atoms with E-state index < -0.39 is 0 Å². The number of halogens is 1. The predicted molar refractivity (Wildman–Crippen MR) is 90.8 cm³/mol. The lowest BCUT2D eigenvalue weighted by Crippen LogP contribution is -2.59. The van der Waals surface area contributed by atoms with E-state index in [1.807, 2.05) is 6.07 Å². The molecule has 22 heavy (non-hydrogen) atoms. The number of rotatable bonds is 2. The molecule has 4 aliphatic rings. The van der Waals surface area contributed by atoms with E-state index >= 15 is 0 Å². The zero-order valence-electron chi connectivity index (χ0n) is 13.3. The van der Waals surface area contributed by atoms with Gasteiger partial charge in [-0.15, -0.1) is 12.4 Å². The quantitative estimate of drug-likeness (QED) is 0.836. The summed E-state index contributed by atoms with van der Waals surface area (Å²) in [6, 6.07) is 6.72. The summed E-state index contributed by atoms with van der Waals surface area (Å²) in [5.74, 6) is 1.01. The molecule has 3 nitrogen and oxygen atoms in total. The third-order valence-corrected chi connectivity index (χ3v) is 5.77. The lowest BCUT2D eigenvalue weighted by atomic mass is 9.81. The van der Waals surface area contributed by atoms with Crippen molar-refractivity contribution in [1.82, 2.24) is 9.80 Å². The molecule has 3 saturated heterocycles. The van der Waals surface area contributed by atoms with Gasteiger partial charge < -0.3 is 9.80 Å². The minimum Gasteiger partial charge on any atom is -0.334 e. The van der Waals surface area contributed by atoms with Crippen LogP contribution in [0.25, 0.3) is 0 Å². The van der Waals surface area contributed by atoms with E-state index in [1.165, 1.54) is 37.1 Å². The van der Waals surface area contributed by atoms with Crippen molar-refractivity contribution in [3.8, 4) is 0 Å². The van der Waals surface area contributed by atoms with Crippen LogP contribution in [0.1, 0.15) is 41.3 Å². The Morgan fingerprint density at radius 3 is 2.59 bits per heavy atom. The van der Waals surface area contributed by atoms with Crippen molar-refractivity contribution in [2.45, 2.75) is 38.6 Å². The molecule has 1 aromatic carbocycles. The number of carbonyl (C=O) groups is 1. The molecule has 0 aromatic heterocycles. The van der Waals surface area contributed by atoms with Crippen LogP contribution in [-0.2, 0) is 12.8 Å². The summed E-state index contributed by atoms with van der Waals surface area (Å²) >= 11 is 0. The van der Waals surface area contributed by atoms with Crippen molar-refractivity contribution >= 4 is 18.3 Å². The SMILES string of the molecule is CCc1cccc2c1CCN([C@H]1CN3CCC1CC3)C2=O.Cl. The Morgan fingerprint density at radius 1 is 1.18 bits per heavy atom. The van der Waals surface area contributed by atoms with E-state index in [0.717, 1.165) is 37.4 Å². The number of benzene rings is 1. The molecule has 2 bridgehead atoms. The fourth-order valence-electron chi connectivity index (χ4n) is 4.55. The molecule has 1 amide bonds. The normalized spacial score (nSPS) is 30.0.